The molecule has 3 aromatic rings. The van der Waals surface area contributed by atoms with Crippen LogP contribution < -0.4 is 20.9 Å². The minimum atomic E-state index is -3.31. The van der Waals surface area contributed by atoms with Gasteiger partial charge in [-0.15, -0.1) is 5.53 Å². The number of benzene rings is 3. The van der Waals surface area contributed by atoms with E-state index in [4.69, 9.17) is 0 Å². The molecule has 0 saturated carbocycles. The molecule has 0 unspecified atom stereocenters. The number of nitrogens with one attached hydrogen (secondary N) is 2. The molecule has 2 aliphatic heterocycles. The number of halogens is 2. The Morgan fingerprint density at radius 1 is 1.03 bits per heavy atom. The predicted octanol–water partition coefficient (Wildman–Crippen LogP) is 3.35. The van der Waals surface area contributed by atoms with E-state index >= 15 is 0 Å². The van der Waals surface area contributed by atoms with Gasteiger partial charge >= 0.3 is 0 Å². The van der Waals surface area contributed by atoms with E-state index in [0.29, 0.717) is 31.7 Å². The number of hydrogen-bond donors (Lipinski definition) is 3. The summed E-state index contributed by atoms with van der Waals surface area (Å²) in [4.78, 5) is 2.18. The van der Waals surface area contributed by atoms with E-state index in [2.05, 4.69) is 15.9 Å². The number of phenolic OH excluding ortho intramolecular Hbond substituents is 1. The minimum Gasteiger partial charge on any atom is -0.503 e. The molecule has 1 saturated heterocycles. The summed E-state index contributed by atoms with van der Waals surface area (Å²) in [6.07, 6.45) is 1.91. The van der Waals surface area contributed by atoms with Gasteiger partial charge in [0.05, 0.1) is 17.6 Å². The highest BCUT2D eigenvalue weighted by atomic mass is 32.2. The Balaban J connectivity index is 1.42. The third kappa shape index (κ3) is 4.49. The first-order valence-electron chi connectivity index (χ1n) is 11.1. The quantitative estimate of drug-likeness (QED) is 0.462. The van der Waals surface area contributed by atoms with Gasteiger partial charge in [-0.2, -0.15) is 4.31 Å². The summed E-state index contributed by atoms with van der Waals surface area (Å²) in [5.74, 6) is -3.16. The molecule has 184 valence electrons. The first-order chi connectivity index (χ1) is 16.7. The molecule has 2 heterocycles. The molecule has 0 amide bonds. The SMILES string of the molecule is CS(=O)(=O)N1CCN(c2ccc(N3NNc4cc(F)c(O)c(F)c43)cc2)[C@H](Cc2ccccc2)C1. The first-order valence-corrected chi connectivity index (χ1v) is 13.0. The van der Waals surface area contributed by atoms with Gasteiger partial charge in [-0.05, 0) is 36.2 Å². The van der Waals surface area contributed by atoms with Crippen molar-refractivity contribution in [3.8, 4) is 5.75 Å². The van der Waals surface area contributed by atoms with Gasteiger partial charge in [0.15, 0.2) is 17.4 Å². The van der Waals surface area contributed by atoms with Crippen LogP contribution in [-0.4, -0.2) is 49.8 Å². The van der Waals surface area contributed by atoms with Gasteiger partial charge in [0.1, 0.15) is 5.69 Å². The smallest absolute Gasteiger partial charge is 0.211 e. The predicted molar refractivity (Wildman–Crippen MR) is 131 cm³/mol. The molecule has 3 aromatic carbocycles. The van der Waals surface area contributed by atoms with Crippen molar-refractivity contribution in [2.24, 2.45) is 0 Å². The number of hydrazine groups is 2. The van der Waals surface area contributed by atoms with Gasteiger partial charge in [-0.1, -0.05) is 30.3 Å². The zero-order chi connectivity index (χ0) is 24.7. The highest BCUT2D eigenvalue weighted by Crippen LogP contribution is 2.42. The molecular formula is C24H25F2N5O3S. The Morgan fingerprint density at radius 3 is 2.40 bits per heavy atom. The van der Waals surface area contributed by atoms with Crippen molar-refractivity contribution in [2.45, 2.75) is 12.5 Å². The Morgan fingerprint density at radius 2 is 1.71 bits per heavy atom. The number of rotatable bonds is 5. The summed E-state index contributed by atoms with van der Waals surface area (Å²) < 4.78 is 54.2. The molecule has 0 aromatic heterocycles. The van der Waals surface area contributed by atoms with Crippen LogP contribution in [0.4, 0.5) is 31.5 Å². The van der Waals surface area contributed by atoms with Crippen molar-refractivity contribution < 1.29 is 22.3 Å². The zero-order valence-corrected chi connectivity index (χ0v) is 19.8. The monoisotopic (exact) mass is 501 g/mol. The van der Waals surface area contributed by atoms with E-state index in [-0.39, 0.29) is 17.4 Å². The molecule has 35 heavy (non-hydrogen) atoms. The highest BCUT2D eigenvalue weighted by molar-refractivity contribution is 7.88. The number of nitrogens with zero attached hydrogens (tertiary/aromatic N) is 3. The second-order valence-electron chi connectivity index (χ2n) is 8.66. The fourth-order valence-corrected chi connectivity index (χ4v) is 5.46. The van der Waals surface area contributed by atoms with Crippen LogP contribution in [0.15, 0.2) is 60.7 Å². The minimum absolute atomic E-state index is 0.0135. The van der Waals surface area contributed by atoms with Gasteiger partial charge < -0.3 is 15.4 Å². The van der Waals surface area contributed by atoms with Gasteiger partial charge in [-0.25, -0.2) is 17.2 Å². The van der Waals surface area contributed by atoms with Gasteiger partial charge in [0, 0.05) is 37.4 Å². The Kier molecular flexibility index (Phi) is 5.99. The number of fused-ring (bicyclic) bond motifs is 1. The molecule has 0 spiro atoms. The van der Waals surface area contributed by atoms with Gasteiger partial charge in [0.2, 0.25) is 10.0 Å². The molecule has 0 radical (unpaired) electrons. The molecule has 2 aliphatic rings. The number of hydrogen-bond acceptors (Lipinski definition) is 7. The Hall–Kier alpha value is -3.41. The summed E-state index contributed by atoms with van der Waals surface area (Å²) >= 11 is 0. The molecule has 5 rings (SSSR count). The van der Waals surface area contributed by atoms with Crippen LogP contribution in [0.3, 0.4) is 0 Å². The lowest BCUT2D eigenvalue weighted by molar-refractivity contribution is 0.332. The molecule has 8 nitrogen and oxygen atoms in total. The molecule has 1 atom stereocenters. The number of piperazine rings is 1. The van der Waals surface area contributed by atoms with E-state index in [0.717, 1.165) is 17.3 Å². The first kappa shape index (κ1) is 23.3. The summed E-state index contributed by atoms with van der Waals surface area (Å²) in [7, 11) is -3.31. The van der Waals surface area contributed by atoms with Crippen LogP contribution in [0.5, 0.6) is 5.75 Å². The van der Waals surface area contributed by atoms with E-state index in [1.165, 1.54) is 15.6 Å². The topological polar surface area (TPSA) is 88.2 Å². The molecular weight excluding hydrogens is 476 g/mol. The molecule has 0 bridgehead atoms. The summed E-state index contributed by atoms with van der Waals surface area (Å²) in [6.45, 7) is 1.28. The van der Waals surface area contributed by atoms with Crippen LogP contribution in [0.1, 0.15) is 5.56 Å². The normalized spacial score (nSPS) is 18.4. The summed E-state index contributed by atoms with van der Waals surface area (Å²) in [6, 6.07) is 18.2. The van der Waals surface area contributed by atoms with Crippen molar-refractivity contribution >= 4 is 32.8 Å². The maximum atomic E-state index is 14.6. The number of sulfonamides is 1. The molecule has 11 heteroatoms. The molecule has 0 aliphatic carbocycles. The standard InChI is InChI=1S/C24H25F2N5O3S/c1-35(33,34)29-11-12-30(19(15-29)13-16-5-3-2-4-6-16)17-7-9-18(10-8-17)31-23-21(27-28-31)14-20(25)24(32)22(23)26/h2-10,14,19,27-28,32H,11-13,15H2,1H3/t19-/m1/s1. The third-order valence-corrected chi connectivity index (χ3v) is 7.63. The number of aromatic hydroxyl groups is 1. The number of phenols is 1. The van der Waals surface area contributed by atoms with E-state index in [1.54, 1.807) is 12.1 Å². The van der Waals surface area contributed by atoms with Crippen molar-refractivity contribution in [3.63, 3.8) is 0 Å². The highest BCUT2D eigenvalue weighted by Gasteiger charge is 2.32. The van der Waals surface area contributed by atoms with Crippen molar-refractivity contribution in [3.05, 3.63) is 77.9 Å². The average molecular weight is 502 g/mol. The second-order valence-corrected chi connectivity index (χ2v) is 10.6. The zero-order valence-electron chi connectivity index (χ0n) is 18.9. The molecule has 3 N–H and O–H groups in total. The summed E-state index contributed by atoms with van der Waals surface area (Å²) in [5, 5.41) is 11.1. The van der Waals surface area contributed by atoms with Crippen LogP contribution >= 0.6 is 0 Å². The Labute approximate surface area is 202 Å². The van der Waals surface area contributed by atoms with Crippen molar-refractivity contribution in [1.29, 1.82) is 0 Å². The maximum Gasteiger partial charge on any atom is 0.211 e. The fraction of sp³-hybridized carbons (Fsp3) is 0.250. The fourth-order valence-electron chi connectivity index (χ4n) is 4.60. The Bertz CT molecular complexity index is 1340. The van der Waals surface area contributed by atoms with E-state index in [9.17, 15) is 22.3 Å². The molecule has 1 fully saturated rings. The maximum absolute atomic E-state index is 14.6. The number of anilines is 4. The lowest BCUT2D eigenvalue weighted by Gasteiger charge is -2.42. The third-order valence-electron chi connectivity index (χ3n) is 6.36. The lowest BCUT2D eigenvalue weighted by Crippen LogP contribution is -2.55. The largest absolute Gasteiger partial charge is 0.503 e. The van der Waals surface area contributed by atoms with Gasteiger partial charge in [-0.3, -0.25) is 5.01 Å². The van der Waals surface area contributed by atoms with Gasteiger partial charge in [0.25, 0.3) is 0 Å². The van der Waals surface area contributed by atoms with E-state index in [1.807, 2.05) is 42.5 Å². The van der Waals surface area contributed by atoms with E-state index < -0.39 is 27.4 Å². The van der Waals surface area contributed by atoms with Crippen molar-refractivity contribution in [1.82, 2.24) is 9.84 Å². The van der Waals surface area contributed by atoms with Crippen LogP contribution in [0, 0.1) is 11.6 Å². The van der Waals surface area contributed by atoms with Crippen LogP contribution in [-0.2, 0) is 16.4 Å². The summed E-state index contributed by atoms with van der Waals surface area (Å²) in [5.41, 5.74) is 8.21. The van der Waals surface area contributed by atoms with Crippen LogP contribution in [0.2, 0.25) is 0 Å². The lowest BCUT2D eigenvalue weighted by atomic mass is 10.0. The van der Waals surface area contributed by atoms with Crippen molar-refractivity contribution in [2.75, 3.05) is 41.2 Å². The average Bonchev–Trinajstić information content (AvgIpc) is 3.26. The van der Waals surface area contributed by atoms with Crippen LogP contribution in [0.25, 0.3) is 0 Å². The second kappa shape index (κ2) is 8.99.